The molecule has 3 nitrogen and oxygen atoms in total. The molecule has 0 aliphatic heterocycles. The summed E-state index contributed by atoms with van der Waals surface area (Å²) in [6.07, 6.45) is -0.988. The van der Waals surface area contributed by atoms with E-state index in [-0.39, 0.29) is 0 Å². The Labute approximate surface area is 121 Å². The van der Waals surface area contributed by atoms with Crippen LogP contribution < -0.4 is 5.32 Å². The maximum absolute atomic E-state index is 12.7. The Morgan fingerprint density at radius 1 is 1.24 bits per heavy atom. The molecular formula is C15H18F3N3. The summed E-state index contributed by atoms with van der Waals surface area (Å²) in [7, 11) is 1.87. The molecule has 0 fully saturated rings. The smallest absolute Gasteiger partial charge is 0.338 e. The van der Waals surface area contributed by atoms with Crippen molar-refractivity contribution in [3.8, 4) is 0 Å². The quantitative estimate of drug-likeness (QED) is 0.887. The van der Waals surface area contributed by atoms with E-state index >= 15 is 0 Å². The van der Waals surface area contributed by atoms with Crippen LogP contribution in [0.25, 0.3) is 0 Å². The molecule has 21 heavy (non-hydrogen) atoms. The molecule has 0 aliphatic rings. The minimum atomic E-state index is -4.20. The van der Waals surface area contributed by atoms with Crippen LogP contribution in [0.15, 0.2) is 42.7 Å². The number of aromatic nitrogens is 2. The van der Waals surface area contributed by atoms with E-state index in [0.29, 0.717) is 18.5 Å². The fraction of sp³-hybridized carbons (Fsp3) is 0.400. The molecule has 6 heteroatoms. The second kappa shape index (κ2) is 6.76. The third-order valence-corrected chi connectivity index (χ3v) is 3.30. The minimum Gasteiger partial charge on any atom is -0.338 e. The molecule has 1 N–H and O–H groups in total. The molecule has 1 aromatic carbocycles. The standard InChI is InChI=1S/C15H18F3N3/c1-21-10-9-20-14(21)7-8-19-13(11-15(16,17)18)12-5-3-2-4-6-12/h2-6,9-10,13,19H,7-8,11H2,1H3. The van der Waals surface area contributed by atoms with Gasteiger partial charge in [0.15, 0.2) is 0 Å². The summed E-state index contributed by atoms with van der Waals surface area (Å²) in [5.74, 6) is 0.848. The fourth-order valence-corrected chi connectivity index (χ4v) is 2.22. The summed E-state index contributed by atoms with van der Waals surface area (Å²) < 4.78 is 40.0. The van der Waals surface area contributed by atoms with Crippen molar-refractivity contribution < 1.29 is 13.2 Å². The first-order chi connectivity index (χ1) is 9.96. The Balaban J connectivity index is 1.98. The normalized spacial score (nSPS) is 13.3. The average molecular weight is 297 g/mol. The molecule has 1 heterocycles. The largest absolute Gasteiger partial charge is 0.390 e. The molecule has 0 bridgehead atoms. The number of rotatable bonds is 6. The Morgan fingerprint density at radius 2 is 1.95 bits per heavy atom. The van der Waals surface area contributed by atoms with Gasteiger partial charge in [0.1, 0.15) is 5.82 Å². The van der Waals surface area contributed by atoms with Gasteiger partial charge in [0.25, 0.3) is 0 Å². The van der Waals surface area contributed by atoms with Crippen LogP contribution in [0.4, 0.5) is 13.2 Å². The van der Waals surface area contributed by atoms with Crippen LogP contribution >= 0.6 is 0 Å². The maximum Gasteiger partial charge on any atom is 0.390 e. The van der Waals surface area contributed by atoms with Crippen LogP contribution in [0.1, 0.15) is 23.9 Å². The zero-order valence-corrected chi connectivity index (χ0v) is 11.8. The Hall–Kier alpha value is -1.82. The molecule has 0 aliphatic carbocycles. The number of hydrogen-bond donors (Lipinski definition) is 1. The molecule has 0 saturated heterocycles. The van der Waals surface area contributed by atoms with Crippen LogP contribution in [0.3, 0.4) is 0 Å². The van der Waals surface area contributed by atoms with Crippen LogP contribution in [0.2, 0.25) is 0 Å². The van der Waals surface area contributed by atoms with Gasteiger partial charge in [-0.05, 0) is 5.56 Å². The fourth-order valence-electron chi connectivity index (χ4n) is 2.22. The zero-order valence-electron chi connectivity index (χ0n) is 11.8. The van der Waals surface area contributed by atoms with Gasteiger partial charge in [-0.1, -0.05) is 30.3 Å². The first kappa shape index (κ1) is 15.6. The lowest BCUT2D eigenvalue weighted by Gasteiger charge is -2.20. The molecule has 2 aromatic rings. The van der Waals surface area contributed by atoms with Gasteiger partial charge in [-0.2, -0.15) is 13.2 Å². The van der Waals surface area contributed by atoms with E-state index in [1.165, 1.54) is 0 Å². The Kier molecular flexibility index (Phi) is 5.01. The lowest BCUT2D eigenvalue weighted by Crippen LogP contribution is -2.28. The molecule has 114 valence electrons. The SMILES string of the molecule is Cn1ccnc1CCNC(CC(F)(F)F)c1ccccc1. The number of imidazole rings is 1. The molecule has 0 spiro atoms. The molecule has 2 rings (SSSR count). The number of aryl methyl sites for hydroxylation is 1. The van der Waals surface area contributed by atoms with Gasteiger partial charge >= 0.3 is 6.18 Å². The van der Waals surface area contributed by atoms with Crippen molar-refractivity contribution >= 4 is 0 Å². The summed E-state index contributed by atoms with van der Waals surface area (Å²) in [4.78, 5) is 4.16. The highest BCUT2D eigenvalue weighted by atomic mass is 19.4. The van der Waals surface area contributed by atoms with E-state index in [0.717, 1.165) is 5.82 Å². The van der Waals surface area contributed by atoms with Crippen molar-refractivity contribution in [3.63, 3.8) is 0 Å². The van der Waals surface area contributed by atoms with E-state index < -0.39 is 18.6 Å². The topological polar surface area (TPSA) is 29.9 Å². The Morgan fingerprint density at radius 3 is 2.52 bits per heavy atom. The molecule has 0 saturated carbocycles. The number of benzene rings is 1. The van der Waals surface area contributed by atoms with Gasteiger partial charge in [-0.3, -0.25) is 0 Å². The number of halogens is 3. The minimum absolute atomic E-state index is 0.445. The summed E-state index contributed by atoms with van der Waals surface area (Å²) >= 11 is 0. The molecular weight excluding hydrogens is 279 g/mol. The van der Waals surface area contributed by atoms with Crippen molar-refractivity contribution in [2.24, 2.45) is 7.05 Å². The average Bonchev–Trinajstić information content (AvgIpc) is 2.83. The van der Waals surface area contributed by atoms with Crippen molar-refractivity contribution in [1.29, 1.82) is 0 Å². The van der Waals surface area contributed by atoms with Gasteiger partial charge < -0.3 is 9.88 Å². The van der Waals surface area contributed by atoms with Gasteiger partial charge in [0, 0.05) is 38.4 Å². The highest BCUT2D eigenvalue weighted by molar-refractivity contribution is 5.19. The molecule has 1 atom stereocenters. The van der Waals surface area contributed by atoms with Crippen molar-refractivity contribution in [1.82, 2.24) is 14.9 Å². The Bertz CT molecular complexity index is 549. The highest BCUT2D eigenvalue weighted by Gasteiger charge is 2.32. The number of hydrogen-bond acceptors (Lipinski definition) is 2. The van der Waals surface area contributed by atoms with Gasteiger partial charge in [0.2, 0.25) is 0 Å². The maximum atomic E-state index is 12.7. The van der Waals surface area contributed by atoms with E-state index in [2.05, 4.69) is 10.3 Å². The van der Waals surface area contributed by atoms with E-state index in [4.69, 9.17) is 0 Å². The first-order valence-corrected chi connectivity index (χ1v) is 6.77. The first-order valence-electron chi connectivity index (χ1n) is 6.77. The van der Waals surface area contributed by atoms with Crippen LogP contribution in [-0.2, 0) is 13.5 Å². The van der Waals surface area contributed by atoms with Crippen LogP contribution in [-0.4, -0.2) is 22.3 Å². The molecule has 0 radical (unpaired) electrons. The van der Waals surface area contributed by atoms with E-state index in [1.807, 2.05) is 17.8 Å². The van der Waals surface area contributed by atoms with Crippen molar-refractivity contribution in [2.75, 3.05) is 6.54 Å². The second-order valence-electron chi connectivity index (χ2n) is 4.94. The second-order valence-corrected chi connectivity index (χ2v) is 4.94. The van der Waals surface area contributed by atoms with Crippen molar-refractivity contribution in [3.05, 3.63) is 54.1 Å². The summed E-state index contributed by atoms with van der Waals surface area (Å²) in [6.45, 7) is 0.445. The lowest BCUT2D eigenvalue weighted by molar-refractivity contribution is -0.140. The summed E-state index contributed by atoms with van der Waals surface area (Å²) in [6, 6.07) is 7.99. The monoisotopic (exact) mass is 297 g/mol. The van der Waals surface area contributed by atoms with E-state index in [9.17, 15) is 13.2 Å². The summed E-state index contributed by atoms with van der Waals surface area (Å²) in [5, 5.41) is 2.98. The van der Waals surface area contributed by atoms with E-state index in [1.54, 1.807) is 36.5 Å². The lowest BCUT2D eigenvalue weighted by atomic mass is 10.0. The predicted molar refractivity (Wildman–Crippen MR) is 74.8 cm³/mol. The molecule has 1 aromatic heterocycles. The summed E-state index contributed by atoms with van der Waals surface area (Å²) in [5.41, 5.74) is 0.648. The van der Waals surface area contributed by atoms with Crippen LogP contribution in [0, 0.1) is 0 Å². The molecule has 0 amide bonds. The third-order valence-electron chi connectivity index (χ3n) is 3.30. The van der Waals surface area contributed by atoms with Gasteiger partial charge in [-0.15, -0.1) is 0 Å². The third kappa shape index (κ3) is 4.90. The number of nitrogens with one attached hydrogen (secondary N) is 1. The van der Waals surface area contributed by atoms with Gasteiger partial charge in [0.05, 0.1) is 6.42 Å². The van der Waals surface area contributed by atoms with Gasteiger partial charge in [-0.25, -0.2) is 4.98 Å². The van der Waals surface area contributed by atoms with Crippen molar-refractivity contribution in [2.45, 2.75) is 25.1 Å². The molecule has 1 unspecified atom stereocenters. The number of alkyl halides is 3. The van der Waals surface area contributed by atoms with Crippen LogP contribution in [0.5, 0.6) is 0 Å². The predicted octanol–water partition coefficient (Wildman–Crippen LogP) is 3.25. The zero-order chi connectivity index (χ0) is 15.3. The highest BCUT2D eigenvalue weighted by Crippen LogP contribution is 2.29. The number of nitrogens with zero attached hydrogens (tertiary/aromatic N) is 2.